The fourth-order valence-electron chi connectivity index (χ4n) is 7.34. The first-order valence-electron chi connectivity index (χ1n) is 15.4. The number of hydrogen-bond acceptors (Lipinski definition) is 1. The van der Waals surface area contributed by atoms with Gasteiger partial charge in [-0.2, -0.15) is 0 Å². The van der Waals surface area contributed by atoms with E-state index in [1.807, 2.05) is 11.3 Å². The Kier molecular flexibility index (Phi) is 5.19. The molecule has 10 aromatic rings. The number of rotatable bonds is 3. The van der Waals surface area contributed by atoms with Crippen LogP contribution in [0.15, 0.2) is 158 Å². The van der Waals surface area contributed by atoms with Gasteiger partial charge >= 0.3 is 0 Å². The van der Waals surface area contributed by atoms with Gasteiger partial charge in [-0.25, -0.2) is 0 Å². The lowest BCUT2D eigenvalue weighted by molar-refractivity contribution is 1.18. The van der Waals surface area contributed by atoms with Crippen molar-refractivity contribution in [2.45, 2.75) is 0 Å². The molecule has 3 heterocycles. The van der Waals surface area contributed by atoms with Crippen LogP contribution in [0, 0.1) is 0 Å². The van der Waals surface area contributed by atoms with Gasteiger partial charge in [0.2, 0.25) is 0 Å². The molecule has 0 aliphatic carbocycles. The third kappa shape index (κ3) is 3.56. The molecule has 0 unspecified atom stereocenters. The molecule has 45 heavy (non-hydrogen) atoms. The standard InChI is InChI=1S/C42H26N2S/c1-2-10-27(11-3-1)28-18-20-29(21-19-28)43-37-16-8-5-14-35(37)41-38(43)25-24-34-31-12-4-7-15-36(31)44(42(34)41)30-22-23-33-32-13-6-9-17-39(32)45-40(33)26-30/h1-26H. The summed E-state index contributed by atoms with van der Waals surface area (Å²) in [6, 6.07) is 57.6. The second kappa shape index (κ2) is 9.43. The first kappa shape index (κ1) is 24.8. The Morgan fingerprint density at radius 2 is 0.956 bits per heavy atom. The van der Waals surface area contributed by atoms with E-state index in [0.717, 1.165) is 5.69 Å². The Bertz CT molecular complexity index is 2740. The van der Waals surface area contributed by atoms with Gasteiger partial charge in [0.1, 0.15) is 0 Å². The van der Waals surface area contributed by atoms with E-state index in [9.17, 15) is 0 Å². The molecule has 0 aliphatic heterocycles. The summed E-state index contributed by atoms with van der Waals surface area (Å²) in [7, 11) is 0. The van der Waals surface area contributed by atoms with Gasteiger partial charge in [-0.15, -0.1) is 11.3 Å². The maximum absolute atomic E-state index is 2.49. The monoisotopic (exact) mass is 590 g/mol. The number of thiophene rings is 1. The van der Waals surface area contributed by atoms with Gasteiger partial charge in [-0.1, -0.05) is 109 Å². The maximum Gasteiger partial charge on any atom is 0.0641 e. The number of fused-ring (bicyclic) bond motifs is 10. The van der Waals surface area contributed by atoms with Gasteiger partial charge in [0.05, 0.1) is 22.1 Å². The molecule has 0 amide bonds. The molecule has 0 aliphatic rings. The van der Waals surface area contributed by atoms with Crippen LogP contribution in [0.4, 0.5) is 0 Å². The van der Waals surface area contributed by atoms with E-state index in [2.05, 4.69) is 167 Å². The number of hydrogen-bond donors (Lipinski definition) is 0. The molecule has 0 bridgehead atoms. The normalized spacial score (nSPS) is 12.0. The van der Waals surface area contributed by atoms with Crippen LogP contribution in [0.3, 0.4) is 0 Å². The molecule has 0 saturated carbocycles. The van der Waals surface area contributed by atoms with E-state index < -0.39 is 0 Å². The highest BCUT2D eigenvalue weighted by Crippen LogP contribution is 2.43. The van der Waals surface area contributed by atoms with Crippen molar-refractivity contribution in [3.05, 3.63) is 158 Å². The minimum atomic E-state index is 1.16. The molecule has 10 rings (SSSR count). The zero-order chi connectivity index (χ0) is 29.5. The minimum Gasteiger partial charge on any atom is -0.309 e. The zero-order valence-corrected chi connectivity index (χ0v) is 25.1. The Balaban J connectivity index is 1.29. The van der Waals surface area contributed by atoms with E-state index in [1.54, 1.807) is 0 Å². The predicted molar refractivity (Wildman–Crippen MR) is 193 cm³/mol. The smallest absolute Gasteiger partial charge is 0.0641 e. The first-order valence-corrected chi connectivity index (χ1v) is 16.2. The van der Waals surface area contributed by atoms with Gasteiger partial charge in [0, 0.05) is 53.1 Å². The van der Waals surface area contributed by atoms with E-state index in [4.69, 9.17) is 0 Å². The third-order valence-corrected chi connectivity index (χ3v) is 10.5. The molecule has 7 aromatic carbocycles. The summed E-state index contributed by atoms with van der Waals surface area (Å²) in [5.74, 6) is 0. The van der Waals surface area contributed by atoms with Crippen LogP contribution in [-0.4, -0.2) is 9.13 Å². The SMILES string of the molecule is c1ccc(-c2ccc(-n3c4ccccc4c4c3ccc3c5ccccc5n(-c5ccc6c(c5)sc5ccccc56)c34)cc2)cc1. The molecule has 0 spiro atoms. The summed E-state index contributed by atoms with van der Waals surface area (Å²) in [4.78, 5) is 0. The number of benzene rings is 7. The summed E-state index contributed by atoms with van der Waals surface area (Å²) in [6.07, 6.45) is 0. The van der Waals surface area contributed by atoms with Crippen molar-refractivity contribution in [1.29, 1.82) is 0 Å². The van der Waals surface area contributed by atoms with Crippen LogP contribution in [0.1, 0.15) is 0 Å². The van der Waals surface area contributed by atoms with Gasteiger partial charge in [0.15, 0.2) is 0 Å². The number of nitrogens with zero attached hydrogens (tertiary/aromatic N) is 2. The Morgan fingerprint density at radius 3 is 1.78 bits per heavy atom. The molecule has 3 heteroatoms. The molecule has 0 atom stereocenters. The fraction of sp³-hybridized carbons (Fsp3) is 0. The third-order valence-electron chi connectivity index (χ3n) is 9.32. The molecular weight excluding hydrogens is 565 g/mol. The summed E-state index contributed by atoms with van der Waals surface area (Å²) in [5, 5.41) is 7.74. The van der Waals surface area contributed by atoms with Crippen molar-refractivity contribution in [2.24, 2.45) is 0 Å². The molecule has 0 saturated heterocycles. The highest BCUT2D eigenvalue weighted by atomic mass is 32.1. The minimum absolute atomic E-state index is 1.16. The van der Waals surface area contributed by atoms with Crippen LogP contribution in [0.5, 0.6) is 0 Å². The second-order valence-corrected chi connectivity index (χ2v) is 12.8. The summed E-state index contributed by atoms with van der Waals surface area (Å²) in [5.41, 5.74) is 9.71. The maximum atomic E-state index is 2.49. The molecular formula is C42H26N2S. The van der Waals surface area contributed by atoms with E-state index in [0.29, 0.717) is 0 Å². The number of para-hydroxylation sites is 2. The average molecular weight is 591 g/mol. The fourth-order valence-corrected chi connectivity index (χ4v) is 8.48. The largest absolute Gasteiger partial charge is 0.309 e. The van der Waals surface area contributed by atoms with Crippen molar-refractivity contribution >= 4 is 75.1 Å². The van der Waals surface area contributed by atoms with E-state index >= 15 is 0 Å². The lowest BCUT2D eigenvalue weighted by Crippen LogP contribution is -1.95. The van der Waals surface area contributed by atoms with Gasteiger partial charge in [-0.3, -0.25) is 0 Å². The lowest BCUT2D eigenvalue weighted by atomic mass is 10.1. The molecule has 0 fully saturated rings. The first-order chi connectivity index (χ1) is 22.3. The number of aromatic nitrogens is 2. The van der Waals surface area contributed by atoms with Crippen molar-refractivity contribution in [1.82, 2.24) is 9.13 Å². The van der Waals surface area contributed by atoms with Crippen LogP contribution in [0.25, 0.3) is 86.3 Å². The molecule has 0 N–H and O–H groups in total. The summed E-state index contributed by atoms with van der Waals surface area (Å²) < 4.78 is 7.56. The van der Waals surface area contributed by atoms with Gasteiger partial charge in [-0.05, 0) is 59.7 Å². The molecule has 3 aromatic heterocycles. The summed E-state index contributed by atoms with van der Waals surface area (Å²) in [6.45, 7) is 0. The van der Waals surface area contributed by atoms with Crippen LogP contribution in [0.2, 0.25) is 0 Å². The Hall–Kier alpha value is -5.64. The molecule has 2 nitrogen and oxygen atoms in total. The quantitative estimate of drug-likeness (QED) is 0.194. The van der Waals surface area contributed by atoms with Crippen molar-refractivity contribution in [3.63, 3.8) is 0 Å². The van der Waals surface area contributed by atoms with Crippen LogP contribution < -0.4 is 0 Å². The Labute approximate surface area is 263 Å². The van der Waals surface area contributed by atoms with Crippen molar-refractivity contribution in [3.8, 4) is 22.5 Å². The molecule has 210 valence electrons. The topological polar surface area (TPSA) is 9.86 Å². The predicted octanol–water partition coefficient (Wildman–Crippen LogP) is 11.9. The van der Waals surface area contributed by atoms with E-state index in [-0.39, 0.29) is 0 Å². The Morgan fingerprint density at radius 1 is 0.356 bits per heavy atom. The average Bonchev–Trinajstić information content (AvgIpc) is 3.76. The second-order valence-electron chi connectivity index (χ2n) is 11.8. The van der Waals surface area contributed by atoms with Crippen molar-refractivity contribution in [2.75, 3.05) is 0 Å². The highest BCUT2D eigenvalue weighted by Gasteiger charge is 2.21. The van der Waals surface area contributed by atoms with Gasteiger partial charge in [0.25, 0.3) is 0 Å². The van der Waals surface area contributed by atoms with Crippen molar-refractivity contribution < 1.29 is 0 Å². The lowest BCUT2D eigenvalue weighted by Gasteiger charge is -2.11. The summed E-state index contributed by atoms with van der Waals surface area (Å²) >= 11 is 1.87. The zero-order valence-electron chi connectivity index (χ0n) is 24.3. The van der Waals surface area contributed by atoms with Gasteiger partial charge < -0.3 is 9.13 Å². The molecule has 0 radical (unpaired) electrons. The van der Waals surface area contributed by atoms with Crippen LogP contribution >= 0.6 is 11.3 Å². The van der Waals surface area contributed by atoms with E-state index in [1.165, 1.54) is 80.6 Å². The highest BCUT2D eigenvalue weighted by molar-refractivity contribution is 7.25. The van der Waals surface area contributed by atoms with Crippen LogP contribution in [-0.2, 0) is 0 Å².